The van der Waals surface area contributed by atoms with E-state index < -0.39 is 6.10 Å². The van der Waals surface area contributed by atoms with E-state index in [1.54, 1.807) is 30.5 Å². The molecule has 5 N–H and O–H groups in total. The normalized spacial score (nSPS) is 16.6. The summed E-state index contributed by atoms with van der Waals surface area (Å²) in [6.07, 6.45) is 0.451. The van der Waals surface area contributed by atoms with Crippen molar-refractivity contribution in [3.8, 4) is 17.1 Å². The Morgan fingerprint density at radius 3 is 2.92 bits per heavy atom. The van der Waals surface area contributed by atoms with Gasteiger partial charge in [-0.15, -0.1) is 0 Å². The van der Waals surface area contributed by atoms with Crippen LogP contribution in [0.25, 0.3) is 22.4 Å². The number of H-pyrrole nitrogens is 2. The lowest BCUT2D eigenvalue weighted by Gasteiger charge is -2.33. The highest BCUT2D eigenvalue weighted by Gasteiger charge is 2.22. The zero-order valence-corrected chi connectivity index (χ0v) is 21.9. The van der Waals surface area contributed by atoms with Crippen molar-refractivity contribution in [2.24, 2.45) is 0 Å². The van der Waals surface area contributed by atoms with Crippen molar-refractivity contribution in [1.29, 1.82) is 0 Å². The van der Waals surface area contributed by atoms with E-state index in [0.29, 0.717) is 46.6 Å². The molecule has 0 spiro atoms. The summed E-state index contributed by atoms with van der Waals surface area (Å²) < 4.78 is 10.8. The topological polar surface area (TPSA) is 136 Å². The molecule has 200 valence electrons. The third kappa shape index (κ3) is 5.21. The van der Waals surface area contributed by atoms with E-state index in [-0.39, 0.29) is 24.8 Å². The van der Waals surface area contributed by atoms with E-state index in [9.17, 15) is 15.0 Å². The highest BCUT2D eigenvalue weighted by Crippen LogP contribution is 2.31. The minimum atomic E-state index is -0.873. The molecule has 1 saturated heterocycles. The van der Waals surface area contributed by atoms with Crippen molar-refractivity contribution >= 4 is 34.0 Å². The predicted molar refractivity (Wildman–Crippen MR) is 147 cm³/mol. The van der Waals surface area contributed by atoms with E-state index in [1.165, 1.54) is 7.11 Å². The fourth-order valence-electron chi connectivity index (χ4n) is 4.71. The van der Waals surface area contributed by atoms with Crippen molar-refractivity contribution in [1.82, 2.24) is 15.0 Å². The number of aliphatic hydroxyl groups excluding tert-OH is 2. The van der Waals surface area contributed by atoms with Gasteiger partial charge >= 0.3 is 0 Å². The maximum atomic E-state index is 12.9. The molecule has 1 fully saturated rings. The smallest absolute Gasteiger partial charge is 0.261 e. The number of pyridine rings is 1. The van der Waals surface area contributed by atoms with Gasteiger partial charge in [-0.2, -0.15) is 0 Å². The Balaban J connectivity index is 1.42. The van der Waals surface area contributed by atoms with Crippen molar-refractivity contribution in [2.45, 2.75) is 19.1 Å². The number of aliphatic hydroxyl groups is 2. The molecule has 11 heteroatoms. The van der Waals surface area contributed by atoms with Crippen LogP contribution in [0.15, 0.2) is 47.4 Å². The molecule has 5 rings (SSSR count). The van der Waals surface area contributed by atoms with Crippen molar-refractivity contribution in [3.05, 3.63) is 69.1 Å². The number of methoxy groups -OCH3 is 1. The molecular weight excluding hydrogens is 510 g/mol. The van der Waals surface area contributed by atoms with E-state index in [4.69, 9.17) is 26.1 Å². The van der Waals surface area contributed by atoms with Gasteiger partial charge in [-0.05, 0) is 48.4 Å². The van der Waals surface area contributed by atoms with Gasteiger partial charge in [0.1, 0.15) is 17.1 Å². The minimum absolute atomic E-state index is 0.0291. The summed E-state index contributed by atoms with van der Waals surface area (Å²) in [4.78, 5) is 25.9. The van der Waals surface area contributed by atoms with Crippen LogP contribution < -0.4 is 20.5 Å². The molecule has 0 saturated carbocycles. The number of ether oxygens (including phenoxy) is 2. The molecule has 4 aromatic rings. The third-order valence-electron chi connectivity index (χ3n) is 6.71. The molecular formula is C27H30ClN5O5. The van der Waals surface area contributed by atoms with E-state index in [2.05, 4.69) is 26.3 Å². The van der Waals surface area contributed by atoms with Gasteiger partial charge < -0.3 is 39.9 Å². The maximum absolute atomic E-state index is 12.9. The van der Waals surface area contributed by atoms with Crippen LogP contribution in [-0.4, -0.2) is 71.2 Å². The Morgan fingerprint density at radius 1 is 1.32 bits per heavy atom. The SMILES string of the molecule is COc1ccc([C@H](O)CNc2cc[nH]c(=O)c2-c2nc3c(C)cc(N4CCO[C@@H](CO)C4)cc3[nH]2)cc1Cl. The highest BCUT2D eigenvalue weighted by atomic mass is 35.5. The maximum Gasteiger partial charge on any atom is 0.261 e. The van der Waals surface area contributed by atoms with Crippen LogP contribution >= 0.6 is 11.6 Å². The van der Waals surface area contributed by atoms with Crippen LogP contribution in [0.4, 0.5) is 11.4 Å². The lowest BCUT2D eigenvalue weighted by atomic mass is 10.1. The number of halogens is 1. The van der Waals surface area contributed by atoms with Crippen LogP contribution in [0.5, 0.6) is 5.75 Å². The number of aromatic nitrogens is 3. The summed E-state index contributed by atoms with van der Waals surface area (Å²) in [5.41, 5.74) is 4.69. The summed E-state index contributed by atoms with van der Waals surface area (Å²) in [7, 11) is 1.53. The summed E-state index contributed by atoms with van der Waals surface area (Å²) >= 11 is 6.21. The monoisotopic (exact) mass is 539 g/mol. The van der Waals surface area contributed by atoms with Gasteiger partial charge in [0, 0.05) is 31.5 Å². The molecule has 3 heterocycles. The highest BCUT2D eigenvalue weighted by molar-refractivity contribution is 6.32. The molecule has 0 aliphatic carbocycles. The second kappa shape index (κ2) is 11.0. The fraction of sp³-hybridized carbons (Fsp3) is 0.333. The van der Waals surface area contributed by atoms with E-state index in [1.807, 2.05) is 13.0 Å². The summed E-state index contributed by atoms with van der Waals surface area (Å²) in [6, 6.07) is 10.9. The Hall–Kier alpha value is -3.57. The number of hydrogen-bond donors (Lipinski definition) is 5. The standard InChI is InChI=1S/C27H30ClN5O5/c1-15-9-17(33-7-8-38-18(13-33)14-34)11-21-25(15)32-26(31-21)24-20(5-6-29-27(24)36)30-12-22(35)16-3-4-23(37-2)19(28)10-16/h3-6,9-11,18,22,34-35H,7-8,12-14H2,1-2H3,(H,31,32)(H2,29,30,36)/t18-,22-/m1/s1. The van der Waals surface area contributed by atoms with Gasteiger partial charge in [-0.3, -0.25) is 4.79 Å². The number of anilines is 2. The lowest BCUT2D eigenvalue weighted by molar-refractivity contribution is 0.00357. The molecule has 2 aromatic carbocycles. The first-order valence-corrected chi connectivity index (χ1v) is 12.7. The third-order valence-corrected chi connectivity index (χ3v) is 7.01. The predicted octanol–water partition coefficient (Wildman–Crippen LogP) is 3.23. The molecule has 1 aliphatic rings. The van der Waals surface area contributed by atoms with Gasteiger partial charge in [-0.25, -0.2) is 4.98 Å². The van der Waals surface area contributed by atoms with Crippen molar-refractivity contribution in [2.75, 3.05) is 50.2 Å². The largest absolute Gasteiger partial charge is 0.495 e. The first kappa shape index (κ1) is 26.1. The first-order chi connectivity index (χ1) is 18.4. The first-order valence-electron chi connectivity index (χ1n) is 12.3. The number of rotatable bonds is 8. The number of nitrogens with zero attached hydrogens (tertiary/aromatic N) is 2. The number of aromatic amines is 2. The second-order valence-electron chi connectivity index (χ2n) is 9.25. The number of fused-ring (bicyclic) bond motifs is 1. The molecule has 2 atom stereocenters. The van der Waals surface area contributed by atoms with Crippen LogP contribution in [0.2, 0.25) is 5.02 Å². The van der Waals surface area contributed by atoms with E-state index in [0.717, 1.165) is 28.8 Å². The summed E-state index contributed by atoms with van der Waals surface area (Å²) in [5.74, 6) is 0.944. The molecule has 0 radical (unpaired) electrons. The molecule has 1 aliphatic heterocycles. The quantitative estimate of drug-likeness (QED) is 0.230. The number of benzene rings is 2. The molecule has 10 nitrogen and oxygen atoms in total. The van der Waals surface area contributed by atoms with Gasteiger partial charge in [-0.1, -0.05) is 17.7 Å². The average molecular weight is 540 g/mol. The number of aryl methyl sites for hydroxylation is 1. The van der Waals surface area contributed by atoms with Crippen molar-refractivity contribution in [3.63, 3.8) is 0 Å². The van der Waals surface area contributed by atoms with Crippen LogP contribution in [0.3, 0.4) is 0 Å². The van der Waals surface area contributed by atoms with Crippen molar-refractivity contribution < 1.29 is 19.7 Å². The van der Waals surface area contributed by atoms with Gasteiger partial charge in [0.25, 0.3) is 5.56 Å². The average Bonchev–Trinajstić information content (AvgIpc) is 3.36. The zero-order chi connectivity index (χ0) is 26.8. The number of nitrogens with one attached hydrogen (secondary N) is 3. The number of imidazole rings is 1. The Morgan fingerprint density at radius 2 is 2.16 bits per heavy atom. The minimum Gasteiger partial charge on any atom is -0.495 e. The van der Waals surface area contributed by atoms with Crippen LogP contribution in [0, 0.1) is 6.92 Å². The molecule has 38 heavy (non-hydrogen) atoms. The number of hydrogen-bond acceptors (Lipinski definition) is 8. The molecule has 2 aromatic heterocycles. The number of morpholine rings is 1. The zero-order valence-electron chi connectivity index (χ0n) is 21.1. The van der Waals surface area contributed by atoms with Crippen LogP contribution in [-0.2, 0) is 4.74 Å². The lowest BCUT2D eigenvalue weighted by Crippen LogP contribution is -2.44. The fourth-order valence-corrected chi connectivity index (χ4v) is 4.98. The Bertz CT molecular complexity index is 1500. The van der Waals surface area contributed by atoms with Crippen LogP contribution in [0.1, 0.15) is 17.2 Å². The molecule has 0 unspecified atom stereocenters. The second-order valence-corrected chi connectivity index (χ2v) is 9.66. The Kier molecular flexibility index (Phi) is 7.57. The Labute approximate surface area is 224 Å². The van der Waals surface area contributed by atoms with Gasteiger partial charge in [0.2, 0.25) is 0 Å². The summed E-state index contributed by atoms with van der Waals surface area (Å²) in [5, 5.41) is 23.8. The van der Waals surface area contributed by atoms with Gasteiger partial charge in [0.15, 0.2) is 0 Å². The molecule has 0 bridgehead atoms. The van der Waals surface area contributed by atoms with Gasteiger partial charge in [0.05, 0.1) is 54.3 Å². The molecule has 0 amide bonds. The van der Waals surface area contributed by atoms with E-state index >= 15 is 0 Å². The summed E-state index contributed by atoms with van der Waals surface area (Å²) in [6.45, 7) is 3.95.